The third kappa shape index (κ3) is 4.73. The van der Waals surface area contributed by atoms with Gasteiger partial charge >= 0.3 is 0 Å². The summed E-state index contributed by atoms with van der Waals surface area (Å²) in [6, 6.07) is 5.80. The summed E-state index contributed by atoms with van der Waals surface area (Å²) in [5, 5.41) is 7.93. The minimum atomic E-state index is -0.172. The summed E-state index contributed by atoms with van der Waals surface area (Å²) in [5.41, 5.74) is 1.53. The van der Waals surface area contributed by atoms with Gasteiger partial charge in [-0.2, -0.15) is 4.98 Å². The third-order valence-corrected chi connectivity index (χ3v) is 5.73. The van der Waals surface area contributed by atoms with Crippen molar-refractivity contribution in [1.82, 2.24) is 15.1 Å². The molecule has 4 rings (SSSR count). The number of morpholine rings is 1. The molecule has 1 saturated heterocycles. The molecule has 3 heterocycles. The molecule has 2 aromatic heterocycles. The monoisotopic (exact) mass is 415 g/mol. The van der Waals surface area contributed by atoms with Crippen LogP contribution in [0.25, 0.3) is 10.2 Å². The molecule has 3 aromatic rings. The van der Waals surface area contributed by atoms with Crippen LogP contribution >= 0.6 is 11.3 Å². The number of aromatic nitrogens is 3. The van der Waals surface area contributed by atoms with Crippen LogP contribution in [0.1, 0.15) is 38.9 Å². The van der Waals surface area contributed by atoms with E-state index in [1.807, 2.05) is 39.0 Å². The number of rotatable bonds is 5. The Morgan fingerprint density at radius 1 is 1.24 bits per heavy atom. The molecule has 0 unspecified atom stereocenters. The molecule has 0 spiro atoms. The molecule has 0 bridgehead atoms. The number of ether oxygens (including phenoxy) is 1. The van der Waals surface area contributed by atoms with Crippen molar-refractivity contribution >= 4 is 38.3 Å². The van der Waals surface area contributed by atoms with Crippen molar-refractivity contribution in [3.63, 3.8) is 0 Å². The van der Waals surface area contributed by atoms with E-state index in [1.165, 1.54) is 0 Å². The number of carbonyl (C=O) groups is 1. The first-order chi connectivity index (χ1) is 13.9. The van der Waals surface area contributed by atoms with E-state index in [-0.39, 0.29) is 17.7 Å². The van der Waals surface area contributed by atoms with E-state index in [9.17, 15) is 4.79 Å². The molecule has 154 valence electrons. The highest BCUT2D eigenvalue weighted by Crippen LogP contribution is 2.31. The molecule has 29 heavy (non-hydrogen) atoms. The summed E-state index contributed by atoms with van der Waals surface area (Å²) < 4.78 is 11.7. The van der Waals surface area contributed by atoms with Gasteiger partial charge in [-0.3, -0.25) is 4.79 Å². The van der Waals surface area contributed by atoms with Crippen molar-refractivity contribution in [2.45, 2.75) is 39.0 Å². The predicted molar refractivity (Wildman–Crippen MR) is 113 cm³/mol. The normalized spacial score (nSPS) is 15.1. The average Bonchev–Trinajstić information content (AvgIpc) is 3.34. The minimum absolute atomic E-state index is 0.0854. The highest BCUT2D eigenvalue weighted by Gasteiger charge is 2.21. The molecule has 9 heteroatoms. The molecule has 1 fully saturated rings. The fourth-order valence-corrected chi connectivity index (χ4v) is 4.04. The number of aryl methyl sites for hydroxylation is 1. The Bertz CT molecular complexity index is 1000. The fourth-order valence-electron chi connectivity index (χ4n) is 2.99. The summed E-state index contributed by atoms with van der Waals surface area (Å²) in [6.45, 7) is 9.24. The maximum atomic E-state index is 12.3. The van der Waals surface area contributed by atoms with Crippen LogP contribution in [0, 0.1) is 0 Å². The van der Waals surface area contributed by atoms with Crippen molar-refractivity contribution in [1.29, 1.82) is 0 Å². The zero-order valence-corrected chi connectivity index (χ0v) is 17.7. The maximum Gasteiger partial charge on any atom is 0.227 e. The van der Waals surface area contributed by atoms with Crippen molar-refractivity contribution < 1.29 is 14.1 Å². The number of nitrogens with zero attached hydrogens (tertiary/aromatic N) is 4. The topological polar surface area (TPSA) is 93.4 Å². The molecule has 1 amide bonds. The molecule has 0 radical (unpaired) electrons. The largest absolute Gasteiger partial charge is 0.378 e. The van der Waals surface area contributed by atoms with Crippen molar-refractivity contribution in [3.05, 3.63) is 29.9 Å². The van der Waals surface area contributed by atoms with Gasteiger partial charge in [-0.05, 0) is 18.2 Å². The van der Waals surface area contributed by atoms with Gasteiger partial charge in [0.25, 0.3) is 0 Å². The lowest BCUT2D eigenvalue weighted by Crippen LogP contribution is -2.36. The van der Waals surface area contributed by atoms with Crippen LogP contribution in [0.4, 0.5) is 10.8 Å². The molecule has 0 aliphatic carbocycles. The molecule has 8 nitrogen and oxygen atoms in total. The lowest BCUT2D eigenvalue weighted by molar-refractivity contribution is -0.116. The quantitative estimate of drug-likeness (QED) is 0.683. The van der Waals surface area contributed by atoms with Gasteiger partial charge in [-0.25, -0.2) is 4.98 Å². The zero-order valence-electron chi connectivity index (χ0n) is 16.9. The number of hydrogen-bond donors (Lipinski definition) is 1. The van der Waals surface area contributed by atoms with Crippen LogP contribution in [-0.4, -0.2) is 47.3 Å². The number of amides is 1. The Hall–Kier alpha value is -2.52. The summed E-state index contributed by atoms with van der Waals surface area (Å²) in [6.07, 6.45) is 0.699. The Kier molecular flexibility index (Phi) is 5.51. The van der Waals surface area contributed by atoms with E-state index in [0.717, 1.165) is 47.3 Å². The summed E-state index contributed by atoms with van der Waals surface area (Å²) in [5.74, 6) is 1.05. The second kappa shape index (κ2) is 8.08. The first-order valence-corrected chi connectivity index (χ1v) is 10.6. The smallest absolute Gasteiger partial charge is 0.227 e. The molecule has 1 aromatic carbocycles. The second-order valence-electron chi connectivity index (χ2n) is 8.09. The molecule has 0 atom stereocenters. The Balaban J connectivity index is 1.37. The van der Waals surface area contributed by atoms with Crippen LogP contribution in [0.2, 0.25) is 0 Å². The first kappa shape index (κ1) is 19.8. The summed E-state index contributed by atoms with van der Waals surface area (Å²) in [4.78, 5) is 23.7. The van der Waals surface area contributed by atoms with Gasteiger partial charge in [-0.15, -0.1) is 0 Å². The van der Waals surface area contributed by atoms with E-state index < -0.39 is 0 Å². The number of nitrogens with one attached hydrogen (secondary N) is 1. The number of anilines is 2. The number of carbonyl (C=O) groups excluding carboxylic acids is 1. The number of benzene rings is 1. The van der Waals surface area contributed by atoms with E-state index in [0.29, 0.717) is 18.1 Å². The van der Waals surface area contributed by atoms with Gasteiger partial charge in [0.2, 0.25) is 11.8 Å². The van der Waals surface area contributed by atoms with Gasteiger partial charge in [0.15, 0.2) is 11.0 Å². The second-order valence-corrected chi connectivity index (χ2v) is 9.10. The van der Waals surface area contributed by atoms with E-state index >= 15 is 0 Å². The highest BCUT2D eigenvalue weighted by atomic mass is 32.1. The van der Waals surface area contributed by atoms with E-state index in [1.54, 1.807) is 11.3 Å². The van der Waals surface area contributed by atoms with Gasteiger partial charge in [0.1, 0.15) is 0 Å². The van der Waals surface area contributed by atoms with Crippen molar-refractivity contribution in [2.24, 2.45) is 0 Å². The first-order valence-electron chi connectivity index (χ1n) is 9.75. The fraction of sp³-hybridized carbons (Fsp3) is 0.500. The molecule has 1 N–H and O–H groups in total. The van der Waals surface area contributed by atoms with Gasteiger partial charge < -0.3 is 19.5 Å². The van der Waals surface area contributed by atoms with Crippen LogP contribution < -0.4 is 10.2 Å². The Morgan fingerprint density at radius 2 is 2.03 bits per heavy atom. The standard InChI is InChI=1S/C20H25N5O3S/c1-20(2,3)18-23-17(28-24-18)7-6-16(26)21-13-4-5-14-15(12-13)29-19(22-14)25-8-10-27-11-9-25/h4-5,12H,6-11H2,1-3H3,(H,21,26). The van der Waals surface area contributed by atoms with Crippen LogP contribution in [0.15, 0.2) is 22.7 Å². The van der Waals surface area contributed by atoms with Crippen LogP contribution in [-0.2, 0) is 21.4 Å². The lowest BCUT2D eigenvalue weighted by Gasteiger charge is -2.25. The van der Waals surface area contributed by atoms with E-state index in [2.05, 4.69) is 20.4 Å². The summed E-state index contributed by atoms with van der Waals surface area (Å²) >= 11 is 1.63. The van der Waals surface area contributed by atoms with Crippen LogP contribution in [0.3, 0.4) is 0 Å². The molecule has 1 aliphatic rings. The molecule has 1 aliphatic heterocycles. The summed E-state index contributed by atoms with van der Waals surface area (Å²) in [7, 11) is 0. The average molecular weight is 416 g/mol. The lowest BCUT2D eigenvalue weighted by atomic mass is 9.96. The number of fused-ring (bicyclic) bond motifs is 1. The minimum Gasteiger partial charge on any atom is -0.378 e. The molecular formula is C20H25N5O3S. The van der Waals surface area contributed by atoms with Crippen molar-refractivity contribution in [2.75, 3.05) is 36.5 Å². The highest BCUT2D eigenvalue weighted by molar-refractivity contribution is 7.22. The zero-order chi connectivity index (χ0) is 20.4. The molecular weight excluding hydrogens is 390 g/mol. The number of thiazole rings is 1. The van der Waals surface area contributed by atoms with Gasteiger partial charge in [-0.1, -0.05) is 37.3 Å². The maximum absolute atomic E-state index is 12.3. The van der Waals surface area contributed by atoms with Crippen LogP contribution in [0.5, 0.6) is 0 Å². The van der Waals surface area contributed by atoms with Gasteiger partial charge in [0, 0.05) is 37.0 Å². The predicted octanol–water partition coefficient (Wildman–Crippen LogP) is 3.38. The Morgan fingerprint density at radius 3 is 2.76 bits per heavy atom. The third-order valence-electron chi connectivity index (χ3n) is 4.65. The molecule has 0 saturated carbocycles. The van der Waals surface area contributed by atoms with Crippen molar-refractivity contribution in [3.8, 4) is 0 Å². The Labute approximate surface area is 173 Å². The van der Waals surface area contributed by atoms with E-state index in [4.69, 9.17) is 14.2 Å². The number of hydrogen-bond acceptors (Lipinski definition) is 8. The van der Waals surface area contributed by atoms with Gasteiger partial charge in [0.05, 0.1) is 23.4 Å². The SMILES string of the molecule is CC(C)(C)c1noc(CCC(=O)Nc2ccc3nc(N4CCOCC4)sc3c2)n1.